The van der Waals surface area contributed by atoms with Crippen LogP contribution in [0.15, 0.2) is 18.3 Å². The van der Waals surface area contributed by atoms with E-state index in [1.54, 1.807) is 11.1 Å². The third-order valence-corrected chi connectivity index (χ3v) is 3.91. The summed E-state index contributed by atoms with van der Waals surface area (Å²) in [6.45, 7) is 3.93. The number of ether oxygens (including phenoxy) is 1. The summed E-state index contributed by atoms with van der Waals surface area (Å²) in [6.07, 6.45) is 5.25. The average Bonchev–Trinajstić information content (AvgIpc) is 2.55. The molecule has 5 nitrogen and oxygen atoms in total. The normalized spacial score (nSPS) is 18.8. The predicted octanol–water partition coefficient (Wildman–Crippen LogP) is 1.65. The second-order valence-corrected chi connectivity index (χ2v) is 5.29. The zero-order chi connectivity index (χ0) is 15.1. The smallest absolute Gasteiger partial charge is 0.273 e. The van der Waals surface area contributed by atoms with Crippen molar-refractivity contribution in [3.8, 4) is 0 Å². The molecular weight excluding hydrogens is 268 g/mol. The Labute approximate surface area is 125 Å². The number of carbonyl (C=O) groups is 1. The van der Waals surface area contributed by atoms with Crippen molar-refractivity contribution in [3.05, 3.63) is 29.6 Å². The molecule has 0 aliphatic carbocycles. The molecule has 1 aliphatic rings. The molecule has 21 heavy (non-hydrogen) atoms. The van der Waals surface area contributed by atoms with Gasteiger partial charge in [-0.3, -0.25) is 9.78 Å². The van der Waals surface area contributed by atoms with Crippen LogP contribution in [0, 0.1) is 0 Å². The molecule has 2 heterocycles. The maximum Gasteiger partial charge on any atom is 0.273 e. The molecule has 1 aliphatic heterocycles. The van der Waals surface area contributed by atoms with E-state index in [1.165, 1.54) is 0 Å². The number of aliphatic hydroxyl groups is 1. The molecule has 0 bridgehead atoms. The minimum atomic E-state index is -0.0759. The summed E-state index contributed by atoms with van der Waals surface area (Å²) in [6, 6.07) is 3.70. The highest BCUT2D eigenvalue weighted by Crippen LogP contribution is 2.20. The van der Waals surface area contributed by atoms with Crippen LogP contribution in [0.4, 0.5) is 0 Å². The molecule has 0 spiro atoms. The number of carbonyl (C=O) groups excluding carboxylic acids is 1. The summed E-state index contributed by atoms with van der Waals surface area (Å²) in [4.78, 5) is 18.8. The lowest BCUT2D eigenvalue weighted by atomic mass is 10.0. The number of likely N-dealkylation sites (tertiary alicyclic amines) is 1. The summed E-state index contributed by atoms with van der Waals surface area (Å²) < 4.78 is 5.37. The Bertz CT molecular complexity index is 465. The van der Waals surface area contributed by atoms with Crippen LogP contribution in [-0.2, 0) is 11.2 Å². The Morgan fingerprint density at radius 3 is 3.14 bits per heavy atom. The highest BCUT2D eigenvalue weighted by molar-refractivity contribution is 5.94. The first kappa shape index (κ1) is 15.9. The molecule has 1 unspecified atom stereocenters. The molecule has 1 saturated heterocycles. The minimum Gasteiger partial charge on any atom is -0.394 e. The maximum absolute atomic E-state index is 12.7. The van der Waals surface area contributed by atoms with Crippen molar-refractivity contribution in [1.29, 1.82) is 0 Å². The number of pyridine rings is 1. The fraction of sp³-hybridized carbons (Fsp3) is 0.625. The van der Waals surface area contributed by atoms with Crippen LogP contribution in [0.1, 0.15) is 42.2 Å². The molecule has 5 heteroatoms. The average molecular weight is 292 g/mol. The van der Waals surface area contributed by atoms with E-state index in [4.69, 9.17) is 4.74 Å². The van der Waals surface area contributed by atoms with Gasteiger partial charge in [0.1, 0.15) is 5.69 Å². The van der Waals surface area contributed by atoms with E-state index >= 15 is 0 Å². The lowest BCUT2D eigenvalue weighted by Gasteiger charge is -2.34. The molecule has 1 atom stereocenters. The van der Waals surface area contributed by atoms with Gasteiger partial charge in [-0.2, -0.15) is 0 Å². The number of hydrogen-bond acceptors (Lipinski definition) is 4. The standard InChI is InChI=1S/C16H24N2O3/c1-2-21-11-8-13-6-5-9-17-15(13)16(20)18-10-4-3-7-14(18)12-19/h5-6,9,14,19H,2-4,7-8,10-12H2,1H3. The van der Waals surface area contributed by atoms with Gasteiger partial charge < -0.3 is 14.7 Å². The second kappa shape index (κ2) is 8.10. The van der Waals surface area contributed by atoms with Gasteiger partial charge in [0, 0.05) is 19.3 Å². The Kier molecular flexibility index (Phi) is 6.14. The highest BCUT2D eigenvalue weighted by Gasteiger charge is 2.28. The van der Waals surface area contributed by atoms with E-state index in [9.17, 15) is 9.90 Å². The van der Waals surface area contributed by atoms with Crippen LogP contribution in [-0.4, -0.2) is 53.3 Å². The molecule has 1 N–H and O–H groups in total. The van der Waals surface area contributed by atoms with Crippen molar-refractivity contribution >= 4 is 5.91 Å². The third kappa shape index (κ3) is 4.02. The zero-order valence-corrected chi connectivity index (χ0v) is 12.6. The summed E-state index contributed by atoms with van der Waals surface area (Å²) in [5.74, 6) is -0.0687. The molecule has 1 aromatic rings. The number of hydrogen-bond donors (Lipinski definition) is 1. The first-order valence-electron chi connectivity index (χ1n) is 7.71. The van der Waals surface area contributed by atoms with Crippen molar-refractivity contribution < 1.29 is 14.6 Å². The van der Waals surface area contributed by atoms with Crippen LogP contribution in [0.3, 0.4) is 0 Å². The molecule has 0 saturated carbocycles. The molecule has 1 aromatic heterocycles. The van der Waals surface area contributed by atoms with Crippen molar-refractivity contribution in [3.63, 3.8) is 0 Å². The number of piperidine rings is 1. The lowest BCUT2D eigenvalue weighted by molar-refractivity contribution is 0.0495. The van der Waals surface area contributed by atoms with Crippen LogP contribution in [0.2, 0.25) is 0 Å². The van der Waals surface area contributed by atoms with Crippen molar-refractivity contribution in [2.75, 3.05) is 26.4 Å². The van der Waals surface area contributed by atoms with Crippen molar-refractivity contribution in [1.82, 2.24) is 9.88 Å². The first-order valence-corrected chi connectivity index (χ1v) is 7.71. The van der Waals surface area contributed by atoms with Gasteiger partial charge in [-0.05, 0) is 44.2 Å². The van der Waals surface area contributed by atoms with Crippen molar-refractivity contribution in [2.45, 2.75) is 38.6 Å². The van der Waals surface area contributed by atoms with Gasteiger partial charge in [0.05, 0.1) is 19.3 Å². The van der Waals surface area contributed by atoms with Crippen LogP contribution < -0.4 is 0 Å². The van der Waals surface area contributed by atoms with E-state index in [-0.39, 0.29) is 18.6 Å². The van der Waals surface area contributed by atoms with E-state index in [0.29, 0.717) is 31.9 Å². The molecular formula is C16H24N2O3. The van der Waals surface area contributed by atoms with Gasteiger partial charge in [-0.1, -0.05) is 6.07 Å². The second-order valence-electron chi connectivity index (χ2n) is 5.29. The summed E-state index contributed by atoms with van der Waals surface area (Å²) >= 11 is 0. The third-order valence-electron chi connectivity index (χ3n) is 3.91. The highest BCUT2D eigenvalue weighted by atomic mass is 16.5. The Hall–Kier alpha value is -1.46. The zero-order valence-electron chi connectivity index (χ0n) is 12.6. The fourth-order valence-corrected chi connectivity index (χ4v) is 2.75. The summed E-state index contributed by atoms with van der Waals surface area (Å²) in [7, 11) is 0. The largest absolute Gasteiger partial charge is 0.394 e. The summed E-state index contributed by atoms with van der Waals surface area (Å²) in [5, 5.41) is 9.47. The van der Waals surface area contributed by atoms with E-state index in [2.05, 4.69) is 4.98 Å². The maximum atomic E-state index is 12.7. The van der Waals surface area contributed by atoms with Gasteiger partial charge in [-0.15, -0.1) is 0 Å². The van der Waals surface area contributed by atoms with Crippen LogP contribution >= 0.6 is 0 Å². The van der Waals surface area contributed by atoms with E-state index < -0.39 is 0 Å². The number of nitrogens with zero attached hydrogens (tertiary/aromatic N) is 2. The van der Waals surface area contributed by atoms with Crippen LogP contribution in [0.25, 0.3) is 0 Å². The fourth-order valence-electron chi connectivity index (χ4n) is 2.75. The van der Waals surface area contributed by atoms with Crippen LogP contribution in [0.5, 0.6) is 0 Å². The topological polar surface area (TPSA) is 62.7 Å². The minimum absolute atomic E-state index is 0.0207. The van der Waals surface area contributed by atoms with Gasteiger partial charge in [0.2, 0.25) is 0 Å². The molecule has 0 radical (unpaired) electrons. The quantitative estimate of drug-likeness (QED) is 0.810. The number of aromatic nitrogens is 1. The molecule has 1 amide bonds. The van der Waals surface area contributed by atoms with E-state index in [0.717, 1.165) is 24.8 Å². The monoisotopic (exact) mass is 292 g/mol. The first-order chi connectivity index (χ1) is 10.3. The predicted molar refractivity (Wildman–Crippen MR) is 80.2 cm³/mol. The van der Waals surface area contributed by atoms with Crippen molar-refractivity contribution in [2.24, 2.45) is 0 Å². The lowest BCUT2D eigenvalue weighted by Crippen LogP contribution is -2.46. The number of aliphatic hydroxyl groups excluding tert-OH is 1. The Morgan fingerprint density at radius 2 is 2.38 bits per heavy atom. The van der Waals surface area contributed by atoms with Gasteiger partial charge in [0.25, 0.3) is 5.91 Å². The van der Waals surface area contributed by atoms with E-state index in [1.807, 2.05) is 19.1 Å². The number of amides is 1. The van der Waals surface area contributed by atoms with Gasteiger partial charge >= 0.3 is 0 Å². The molecule has 2 rings (SSSR count). The molecule has 116 valence electrons. The SMILES string of the molecule is CCOCCc1cccnc1C(=O)N1CCCCC1CO. The Balaban J connectivity index is 2.14. The molecule has 0 aromatic carbocycles. The Morgan fingerprint density at radius 1 is 1.52 bits per heavy atom. The molecule has 1 fully saturated rings. The van der Waals surface area contributed by atoms with Gasteiger partial charge in [0.15, 0.2) is 0 Å². The van der Waals surface area contributed by atoms with Gasteiger partial charge in [-0.25, -0.2) is 0 Å². The summed E-state index contributed by atoms with van der Waals surface area (Å²) in [5.41, 5.74) is 1.41. The number of rotatable bonds is 6.